The number of ether oxygens (including phenoxy) is 1. The van der Waals surface area contributed by atoms with E-state index in [9.17, 15) is 9.90 Å². The van der Waals surface area contributed by atoms with Crippen LogP contribution in [0.5, 0.6) is 5.75 Å². The molecule has 0 spiro atoms. The minimum Gasteiger partial charge on any atom is -0.511 e. The van der Waals surface area contributed by atoms with Crippen LogP contribution in [0.2, 0.25) is 0 Å². The third kappa shape index (κ3) is 3.79. The predicted octanol–water partition coefficient (Wildman–Crippen LogP) is 5.39. The average Bonchev–Trinajstić information content (AvgIpc) is 2.98. The number of aliphatic hydroxyl groups is 1. The van der Waals surface area contributed by atoms with Gasteiger partial charge in [0.05, 0.1) is 11.3 Å². The molecular formula is C24H33NO4. The van der Waals surface area contributed by atoms with Crippen LogP contribution in [0.15, 0.2) is 16.5 Å². The molecule has 0 radical (unpaired) electrons. The van der Waals surface area contributed by atoms with Crippen molar-refractivity contribution in [2.24, 2.45) is 5.16 Å². The second-order valence-corrected chi connectivity index (χ2v) is 8.79. The zero-order valence-electron chi connectivity index (χ0n) is 18.7. The van der Waals surface area contributed by atoms with Gasteiger partial charge in [-0.25, -0.2) is 0 Å². The maximum atomic E-state index is 13.0. The van der Waals surface area contributed by atoms with Gasteiger partial charge >= 0.3 is 0 Å². The quantitative estimate of drug-likeness (QED) is 0.533. The summed E-state index contributed by atoms with van der Waals surface area (Å²) in [5.41, 5.74) is 6.59. The Morgan fingerprint density at radius 3 is 2.45 bits per heavy atom. The molecule has 3 rings (SSSR count). The fourth-order valence-corrected chi connectivity index (χ4v) is 4.79. The highest BCUT2D eigenvalue weighted by Crippen LogP contribution is 2.47. The number of benzene rings is 1. The van der Waals surface area contributed by atoms with Gasteiger partial charge in [0, 0.05) is 24.8 Å². The molecule has 0 saturated carbocycles. The summed E-state index contributed by atoms with van der Waals surface area (Å²) >= 11 is 0. The number of carbonyl (C=O) groups excluding carboxylic acids is 1. The molecule has 29 heavy (non-hydrogen) atoms. The molecular weight excluding hydrogens is 366 g/mol. The molecule has 1 aromatic rings. The lowest BCUT2D eigenvalue weighted by molar-refractivity contribution is -0.116. The molecule has 0 bridgehead atoms. The van der Waals surface area contributed by atoms with Crippen LogP contribution in [0.25, 0.3) is 0 Å². The Morgan fingerprint density at radius 1 is 1.17 bits per heavy atom. The Bertz CT molecular complexity index is 908. The molecule has 0 amide bonds. The van der Waals surface area contributed by atoms with Crippen LogP contribution >= 0.6 is 0 Å². The van der Waals surface area contributed by atoms with Crippen molar-refractivity contribution in [2.75, 3.05) is 6.61 Å². The van der Waals surface area contributed by atoms with Crippen LogP contribution in [0.1, 0.15) is 80.7 Å². The van der Waals surface area contributed by atoms with Crippen LogP contribution in [0.3, 0.4) is 0 Å². The molecule has 158 valence electrons. The zero-order chi connectivity index (χ0) is 21.5. The topological polar surface area (TPSA) is 68.1 Å². The minimum absolute atomic E-state index is 0.0623. The first kappa shape index (κ1) is 21.4. The Morgan fingerprint density at radius 2 is 1.86 bits per heavy atom. The van der Waals surface area contributed by atoms with E-state index in [4.69, 9.17) is 9.57 Å². The first-order valence-corrected chi connectivity index (χ1v) is 10.6. The summed E-state index contributed by atoms with van der Waals surface area (Å²) in [7, 11) is 0. The molecule has 0 aromatic heterocycles. The monoisotopic (exact) mass is 399 g/mol. The molecule has 2 aliphatic rings. The lowest BCUT2D eigenvalue weighted by Gasteiger charge is -2.28. The molecule has 1 aliphatic carbocycles. The van der Waals surface area contributed by atoms with Crippen molar-refractivity contribution in [3.8, 4) is 5.75 Å². The molecule has 1 aromatic carbocycles. The Labute approximate surface area is 173 Å². The van der Waals surface area contributed by atoms with Gasteiger partial charge in [-0.1, -0.05) is 12.1 Å². The van der Waals surface area contributed by atoms with E-state index < -0.39 is 0 Å². The summed E-state index contributed by atoms with van der Waals surface area (Å²) in [4.78, 5) is 18.2. The fourth-order valence-electron chi connectivity index (χ4n) is 4.79. The van der Waals surface area contributed by atoms with Gasteiger partial charge in [-0.15, -0.1) is 0 Å². The van der Waals surface area contributed by atoms with Crippen molar-refractivity contribution < 1.29 is 19.5 Å². The second kappa shape index (κ2) is 7.85. The van der Waals surface area contributed by atoms with Gasteiger partial charge in [-0.3, -0.25) is 4.79 Å². The minimum atomic E-state index is -0.216. The van der Waals surface area contributed by atoms with Crippen LogP contribution in [0, 0.1) is 20.8 Å². The molecule has 1 atom stereocenters. The van der Waals surface area contributed by atoms with Gasteiger partial charge in [0.15, 0.2) is 5.78 Å². The summed E-state index contributed by atoms with van der Waals surface area (Å²) in [6.45, 7) is 14.7. The fraction of sp³-hybridized carbons (Fsp3) is 0.583. The van der Waals surface area contributed by atoms with Crippen LogP contribution in [-0.2, 0) is 16.1 Å². The van der Waals surface area contributed by atoms with Crippen molar-refractivity contribution >= 4 is 11.5 Å². The number of rotatable bonds is 5. The average molecular weight is 400 g/mol. The molecule has 1 aliphatic heterocycles. The van der Waals surface area contributed by atoms with E-state index in [0.717, 1.165) is 23.3 Å². The lowest BCUT2D eigenvalue weighted by atomic mass is 9.76. The second-order valence-electron chi connectivity index (χ2n) is 8.79. The van der Waals surface area contributed by atoms with Crippen LogP contribution < -0.4 is 4.74 Å². The number of allylic oxidation sites excluding steroid dienone is 2. The standard InChI is InChI=1S/C24H33NO4/c1-8-18(25-28-9-2)22-19(26)10-16(11-20(22)27)21-14(4)13(3)17-12-24(6,7)29-23(17)15(21)5/h16,26H,8-12H2,1-7H3. The van der Waals surface area contributed by atoms with E-state index in [1.54, 1.807) is 0 Å². The van der Waals surface area contributed by atoms with Crippen molar-refractivity contribution in [1.82, 2.24) is 0 Å². The van der Waals surface area contributed by atoms with E-state index in [1.165, 1.54) is 16.7 Å². The number of hydrogen-bond donors (Lipinski definition) is 1. The highest BCUT2D eigenvalue weighted by Gasteiger charge is 2.38. The molecule has 5 heteroatoms. The number of oxime groups is 1. The molecule has 0 saturated heterocycles. The number of carbonyl (C=O) groups is 1. The molecule has 5 nitrogen and oxygen atoms in total. The summed E-state index contributed by atoms with van der Waals surface area (Å²) in [6, 6.07) is 0. The van der Waals surface area contributed by atoms with Gasteiger partial charge in [0.25, 0.3) is 0 Å². The lowest BCUT2D eigenvalue weighted by Crippen LogP contribution is -2.25. The Balaban J connectivity index is 2.03. The van der Waals surface area contributed by atoms with E-state index in [-0.39, 0.29) is 23.1 Å². The van der Waals surface area contributed by atoms with Crippen molar-refractivity contribution in [1.29, 1.82) is 0 Å². The number of ketones is 1. The Hall–Kier alpha value is -2.30. The van der Waals surface area contributed by atoms with Crippen molar-refractivity contribution in [3.63, 3.8) is 0 Å². The summed E-state index contributed by atoms with van der Waals surface area (Å²) in [5, 5.41) is 14.8. The summed E-state index contributed by atoms with van der Waals surface area (Å²) < 4.78 is 6.27. The molecule has 0 fully saturated rings. The number of hydrogen-bond acceptors (Lipinski definition) is 5. The van der Waals surface area contributed by atoms with Gasteiger partial charge in [0.2, 0.25) is 0 Å². The van der Waals surface area contributed by atoms with E-state index in [1.807, 2.05) is 13.8 Å². The maximum absolute atomic E-state index is 13.0. The van der Waals surface area contributed by atoms with Crippen LogP contribution in [0.4, 0.5) is 0 Å². The van der Waals surface area contributed by atoms with Crippen molar-refractivity contribution in [3.05, 3.63) is 39.1 Å². The zero-order valence-corrected chi connectivity index (χ0v) is 18.7. The van der Waals surface area contributed by atoms with Gasteiger partial charge < -0.3 is 14.7 Å². The van der Waals surface area contributed by atoms with Gasteiger partial charge in [-0.05, 0) is 76.1 Å². The number of Topliss-reactive ketones (excluding diaryl/α,β-unsaturated/α-hetero) is 1. The SMILES string of the molecule is CCON=C(CC)C1=C(O)CC(c2c(C)c(C)c3c(c2C)OC(C)(C)C3)CC1=O. The largest absolute Gasteiger partial charge is 0.511 e. The normalized spacial score (nSPS) is 21.3. The van der Waals surface area contributed by atoms with Gasteiger partial charge in [-0.2, -0.15) is 0 Å². The molecule has 1 unspecified atom stereocenters. The van der Waals surface area contributed by atoms with E-state index >= 15 is 0 Å². The van der Waals surface area contributed by atoms with Crippen molar-refractivity contribution in [2.45, 2.75) is 85.7 Å². The number of fused-ring (bicyclic) bond motifs is 1. The highest BCUT2D eigenvalue weighted by molar-refractivity contribution is 6.23. The smallest absolute Gasteiger partial charge is 0.168 e. The van der Waals surface area contributed by atoms with Crippen LogP contribution in [-0.4, -0.2) is 28.8 Å². The first-order chi connectivity index (χ1) is 13.6. The highest BCUT2D eigenvalue weighted by atomic mass is 16.6. The van der Waals surface area contributed by atoms with E-state index in [2.05, 4.69) is 39.8 Å². The number of aliphatic hydroxyl groups excluding tert-OH is 1. The maximum Gasteiger partial charge on any atom is 0.168 e. The molecule has 1 N–H and O–H groups in total. The summed E-state index contributed by atoms with van der Waals surface area (Å²) in [6.07, 6.45) is 2.21. The molecule has 1 heterocycles. The third-order valence-electron chi connectivity index (χ3n) is 6.19. The van der Waals surface area contributed by atoms with Gasteiger partial charge in [0.1, 0.15) is 23.7 Å². The Kier molecular flexibility index (Phi) is 5.79. The summed E-state index contributed by atoms with van der Waals surface area (Å²) in [5.74, 6) is 0.941. The van der Waals surface area contributed by atoms with E-state index in [0.29, 0.717) is 37.2 Å². The number of nitrogens with zero attached hydrogens (tertiary/aromatic N) is 1. The predicted molar refractivity (Wildman–Crippen MR) is 115 cm³/mol. The third-order valence-corrected chi connectivity index (χ3v) is 6.19. The first-order valence-electron chi connectivity index (χ1n) is 10.6.